The second kappa shape index (κ2) is 3.90. The first-order chi connectivity index (χ1) is 5.70. The third-order valence-electron chi connectivity index (χ3n) is 1.56. The van der Waals surface area contributed by atoms with Crippen LogP contribution in [0, 0.1) is 0 Å². The van der Waals surface area contributed by atoms with Gasteiger partial charge in [0.15, 0.2) is 0 Å². The second-order valence-electron chi connectivity index (χ2n) is 2.89. The summed E-state index contributed by atoms with van der Waals surface area (Å²) in [5, 5.41) is 9.35. The zero-order chi connectivity index (χ0) is 8.97. The summed E-state index contributed by atoms with van der Waals surface area (Å²) in [5.74, 6) is 0.322. The number of phenols is 1. The van der Waals surface area contributed by atoms with Gasteiger partial charge in [-0.05, 0) is 19.9 Å². The van der Waals surface area contributed by atoms with Crippen LogP contribution in [-0.4, -0.2) is 10.8 Å². The highest BCUT2D eigenvalue weighted by molar-refractivity contribution is 5.79. The number of benzene rings is 1. The minimum absolute atomic E-state index is 0.322. The van der Waals surface area contributed by atoms with Gasteiger partial charge in [0.05, 0.1) is 6.54 Å². The van der Waals surface area contributed by atoms with Gasteiger partial charge in [-0.25, -0.2) is 0 Å². The number of hydrogen-bond donors (Lipinski definition) is 1. The lowest BCUT2D eigenvalue weighted by Crippen LogP contribution is -1.86. The molecule has 0 bridgehead atoms. The molecule has 0 aliphatic carbocycles. The van der Waals surface area contributed by atoms with E-state index < -0.39 is 0 Å². The molecule has 0 atom stereocenters. The Bertz CT molecular complexity index is 288. The lowest BCUT2D eigenvalue weighted by atomic mass is 10.2. The molecular weight excluding hydrogens is 150 g/mol. The predicted octanol–water partition coefficient (Wildman–Crippen LogP) is 2.37. The maximum absolute atomic E-state index is 9.35. The maximum atomic E-state index is 9.35. The zero-order valence-electron chi connectivity index (χ0n) is 7.41. The summed E-state index contributed by atoms with van der Waals surface area (Å²) < 4.78 is 0. The molecule has 0 radical (unpaired) electrons. The van der Waals surface area contributed by atoms with Gasteiger partial charge < -0.3 is 5.11 Å². The third-order valence-corrected chi connectivity index (χ3v) is 1.56. The van der Waals surface area contributed by atoms with E-state index in [1.165, 1.54) is 0 Å². The molecule has 0 aliphatic heterocycles. The quantitative estimate of drug-likeness (QED) is 0.667. The molecule has 0 spiro atoms. The van der Waals surface area contributed by atoms with Gasteiger partial charge in [-0.15, -0.1) is 0 Å². The number of aliphatic imine (C=N–C) groups is 1. The van der Waals surface area contributed by atoms with E-state index in [0.29, 0.717) is 12.3 Å². The Kier molecular flexibility index (Phi) is 2.86. The zero-order valence-corrected chi connectivity index (χ0v) is 7.41. The maximum Gasteiger partial charge on any atom is 0.120 e. The number of aromatic hydroxyl groups is 1. The van der Waals surface area contributed by atoms with E-state index in [1.54, 1.807) is 12.1 Å². The molecule has 1 aromatic rings. The molecule has 1 aromatic carbocycles. The van der Waals surface area contributed by atoms with Crippen LogP contribution in [0.3, 0.4) is 0 Å². The molecule has 0 aliphatic rings. The highest BCUT2D eigenvalue weighted by Gasteiger charge is 1.96. The molecule has 64 valence electrons. The lowest BCUT2D eigenvalue weighted by molar-refractivity contribution is 0.468. The Morgan fingerprint density at radius 1 is 1.33 bits per heavy atom. The van der Waals surface area contributed by atoms with E-state index in [4.69, 9.17) is 0 Å². The van der Waals surface area contributed by atoms with Crippen LogP contribution in [0.2, 0.25) is 0 Å². The van der Waals surface area contributed by atoms with Crippen LogP contribution < -0.4 is 0 Å². The van der Waals surface area contributed by atoms with Crippen LogP contribution in [0.25, 0.3) is 0 Å². The summed E-state index contributed by atoms with van der Waals surface area (Å²) in [6, 6.07) is 7.26. The molecule has 0 aromatic heterocycles. The van der Waals surface area contributed by atoms with Gasteiger partial charge in [-0.3, -0.25) is 4.99 Å². The summed E-state index contributed by atoms with van der Waals surface area (Å²) in [6.07, 6.45) is 0. The largest absolute Gasteiger partial charge is 0.508 e. The van der Waals surface area contributed by atoms with Crippen LogP contribution in [0.1, 0.15) is 19.4 Å². The molecule has 0 heterocycles. The molecule has 0 saturated heterocycles. The minimum atomic E-state index is 0.322. The molecule has 1 N–H and O–H groups in total. The Morgan fingerprint density at radius 3 is 2.58 bits per heavy atom. The average Bonchev–Trinajstić information content (AvgIpc) is 2.03. The molecular formula is C10H13NO. The fourth-order valence-corrected chi connectivity index (χ4v) is 0.888. The number of nitrogens with zero attached hydrogens (tertiary/aromatic N) is 1. The van der Waals surface area contributed by atoms with Crippen molar-refractivity contribution in [2.45, 2.75) is 20.4 Å². The van der Waals surface area contributed by atoms with Crippen molar-refractivity contribution in [2.24, 2.45) is 4.99 Å². The Morgan fingerprint density at radius 2 is 2.00 bits per heavy atom. The standard InChI is InChI=1S/C10H13NO/c1-8(2)11-7-9-5-3-4-6-10(9)12/h3-6,12H,7H2,1-2H3. The van der Waals surface area contributed by atoms with Crippen molar-refractivity contribution >= 4 is 5.71 Å². The molecule has 2 nitrogen and oxygen atoms in total. The highest BCUT2D eigenvalue weighted by atomic mass is 16.3. The SMILES string of the molecule is CC(C)=NCc1ccccc1O. The molecule has 0 unspecified atom stereocenters. The highest BCUT2D eigenvalue weighted by Crippen LogP contribution is 2.16. The summed E-state index contributed by atoms with van der Waals surface area (Å²) in [4.78, 5) is 4.21. The van der Waals surface area contributed by atoms with E-state index in [9.17, 15) is 5.11 Å². The molecule has 0 fully saturated rings. The van der Waals surface area contributed by atoms with E-state index in [0.717, 1.165) is 11.3 Å². The van der Waals surface area contributed by atoms with E-state index in [1.807, 2.05) is 26.0 Å². The van der Waals surface area contributed by atoms with Crippen molar-refractivity contribution in [2.75, 3.05) is 0 Å². The second-order valence-corrected chi connectivity index (χ2v) is 2.89. The summed E-state index contributed by atoms with van der Waals surface area (Å²) >= 11 is 0. The van der Waals surface area contributed by atoms with Gasteiger partial charge in [0.1, 0.15) is 5.75 Å². The van der Waals surface area contributed by atoms with Crippen LogP contribution in [-0.2, 0) is 6.54 Å². The Hall–Kier alpha value is -1.31. The van der Waals surface area contributed by atoms with E-state index >= 15 is 0 Å². The normalized spacial score (nSPS) is 9.50. The minimum Gasteiger partial charge on any atom is -0.508 e. The van der Waals surface area contributed by atoms with Gasteiger partial charge >= 0.3 is 0 Å². The van der Waals surface area contributed by atoms with Gasteiger partial charge in [0.25, 0.3) is 0 Å². The first-order valence-corrected chi connectivity index (χ1v) is 3.94. The van der Waals surface area contributed by atoms with Crippen LogP contribution in [0.4, 0.5) is 0 Å². The average molecular weight is 163 g/mol. The van der Waals surface area contributed by atoms with E-state index in [-0.39, 0.29) is 0 Å². The summed E-state index contributed by atoms with van der Waals surface area (Å²) in [5.41, 5.74) is 1.90. The summed E-state index contributed by atoms with van der Waals surface area (Å²) in [7, 11) is 0. The van der Waals surface area contributed by atoms with Crippen molar-refractivity contribution in [1.29, 1.82) is 0 Å². The Labute approximate surface area is 72.6 Å². The topological polar surface area (TPSA) is 32.6 Å². The van der Waals surface area contributed by atoms with Crippen LogP contribution in [0.5, 0.6) is 5.75 Å². The molecule has 0 saturated carbocycles. The van der Waals surface area contributed by atoms with Gasteiger partial charge in [-0.1, -0.05) is 18.2 Å². The smallest absolute Gasteiger partial charge is 0.120 e. The first kappa shape index (κ1) is 8.78. The Balaban J connectivity index is 2.76. The lowest BCUT2D eigenvalue weighted by Gasteiger charge is -1.99. The molecule has 2 heteroatoms. The van der Waals surface area contributed by atoms with Gasteiger partial charge in [0, 0.05) is 11.3 Å². The van der Waals surface area contributed by atoms with Crippen molar-refractivity contribution in [3.8, 4) is 5.75 Å². The molecule has 12 heavy (non-hydrogen) atoms. The van der Waals surface area contributed by atoms with Gasteiger partial charge in [0.2, 0.25) is 0 Å². The fourth-order valence-electron chi connectivity index (χ4n) is 0.888. The predicted molar refractivity (Wildman–Crippen MR) is 50.6 cm³/mol. The van der Waals surface area contributed by atoms with E-state index in [2.05, 4.69) is 4.99 Å². The number of phenolic OH excluding ortho intramolecular Hbond substituents is 1. The van der Waals surface area contributed by atoms with Crippen molar-refractivity contribution < 1.29 is 5.11 Å². The third kappa shape index (κ3) is 2.38. The van der Waals surface area contributed by atoms with Gasteiger partial charge in [-0.2, -0.15) is 0 Å². The monoisotopic (exact) mass is 163 g/mol. The van der Waals surface area contributed by atoms with Crippen LogP contribution in [0.15, 0.2) is 29.3 Å². The number of rotatable bonds is 2. The van der Waals surface area contributed by atoms with Crippen LogP contribution >= 0.6 is 0 Å². The molecule has 0 amide bonds. The fraction of sp³-hybridized carbons (Fsp3) is 0.300. The van der Waals surface area contributed by atoms with Crippen molar-refractivity contribution in [1.82, 2.24) is 0 Å². The van der Waals surface area contributed by atoms with Crippen molar-refractivity contribution in [3.05, 3.63) is 29.8 Å². The first-order valence-electron chi connectivity index (χ1n) is 3.94. The number of para-hydroxylation sites is 1. The summed E-state index contributed by atoms with van der Waals surface area (Å²) in [6.45, 7) is 4.45. The number of hydrogen-bond acceptors (Lipinski definition) is 2. The molecule has 1 rings (SSSR count). The van der Waals surface area contributed by atoms with Crippen molar-refractivity contribution in [3.63, 3.8) is 0 Å².